The minimum absolute atomic E-state index is 0.181. The summed E-state index contributed by atoms with van der Waals surface area (Å²) < 4.78 is 0. The van der Waals surface area contributed by atoms with Gasteiger partial charge < -0.3 is 15.2 Å². The second-order valence-corrected chi connectivity index (χ2v) is 4.19. The fourth-order valence-electron chi connectivity index (χ4n) is 1.68. The van der Waals surface area contributed by atoms with Crippen LogP contribution in [0.2, 0.25) is 0 Å². The van der Waals surface area contributed by atoms with E-state index in [1.54, 1.807) is 23.2 Å². The summed E-state index contributed by atoms with van der Waals surface area (Å²) in [6.45, 7) is 0. The highest BCUT2D eigenvalue weighted by molar-refractivity contribution is 5.86. The number of hydrogen-bond donors (Lipinski definition) is 2. The van der Waals surface area contributed by atoms with Gasteiger partial charge in [0.25, 0.3) is 0 Å². The average molecular weight is 258 g/mol. The number of anilines is 3. The van der Waals surface area contributed by atoms with Crippen LogP contribution >= 0.6 is 0 Å². The molecule has 6 heteroatoms. The molecule has 0 saturated heterocycles. The van der Waals surface area contributed by atoms with Crippen LogP contribution in [0.1, 0.15) is 10.4 Å². The third-order valence-corrected chi connectivity index (χ3v) is 2.59. The molecular formula is C13H14N4O2. The van der Waals surface area contributed by atoms with Gasteiger partial charge in [0.1, 0.15) is 5.82 Å². The van der Waals surface area contributed by atoms with Crippen molar-refractivity contribution in [3.05, 3.63) is 46.5 Å². The van der Waals surface area contributed by atoms with Gasteiger partial charge in [-0.2, -0.15) is 0 Å². The van der Waals surface area contributed by atoms with Gasteiger partial charge in [0.05, 0.1) is 16.9 Å². The van der Waals surface area contributed by atoms with Gasteiger partial charge in [-0.05, 0) is 12.1 Å². The van der Waals surface area contributed by atoms with E-state index in [9.17, 15) is 9.59 Å². The number of carbonyl (C=O) groups is 1. The third-order valence-electron chi connectivity index (χ3n) is 2.59. The van der Waals surface area contributed by atoms with Gasteiger partial charge in [0.15, 0.2) is 6.29 Å². The zero-order valence-corrected chi connectivity index (χ0v) is 10.7. The first-order valence-corrected chi connectivity index (χ1v) is 5.68. The van der Waals surface area contributed by atoms with Crippen molar-refractivity contribution in [1.29, 1.82) is 0 Å². The van der Waals surface area contributed by atoms with Gasteiger partial charge in [0, 0.05) is 32.6 Å². The summed E-state index contributed by atoms with van der Waals surface area (Å²) in [5.41, 5.74) is 1.62. The fraction of sp³-hybridized carbons (Fsp3) is 0.154. The van der Waals surface area contributed by atoms with Crippen molar-refractivity contribution >= 4 is 23.5 Å². The van der Waals surface area contributed by atoms with E-state index in [4.69, 9.17) is 0 Å². The predicted molar refractivity (Wildman–Crippen MR) is 74.3 cm³/mol. The number of nitrogens with zero attached hydrogens (tertiary/aromatic N) is 2. The minimum atomic E-state index is -0.181. The highest BCUT2D eigenvalue weighted by Gasteiger charge is 2.08. The number of aromatic nitrogens is 2. The van der Waals surface area contributed by atoms with Crippen molar-refractivity contribution < 1.29 is 4.79 Å². The maximum Gasteiger partial charge on any atom is 0.249 e. The molecule has 0 fully saturated rings. The summed E-state index contributed by atoms with van der Waals surface area (Å²) in [6, 6.07) is 4.80. The SMILES string of the molecule is CN(C)c1[nH]c(=O)ccc1Nc1ccncc1C=O. The zero-order chi connectivity index (χ0) is 13.8. The van der Waals surface area contributed by atoms with E-state index in [1.807, 2.05) is 14.1 Å². The number of hydrogen-bond acceptors (Lipinski definition) is 5. The Morgan fingerprint density at radius 1 is 1.26 bits per heavy atom. The molecule has 2 rings (SSSR count). The van der Waals surface area contributed by atoms with Crippen molar-refractivity contribution in [1.82, 2.24) is 9.97 Å². The number of aromatic amines is 1. The van der Waals surface area contributed by atoms with E-state index in [0.717, 1.165) is 6.29 Å². The zero-order valence-electron chi connectivity index (χ0n) is 10.7. The van der Waals surface area contributed by atoms with Gasteiger partial charge >= 0.3 is 0 Å². The molecular weight excluding hydrogens is 244 g/mol. The predicted octanol–water partition coefficient (Wildman–Crippen LogP) is 1.39. The summed E-state index contributed by atoms with van der Waals surface area (Å²) in [7, 11) is 3.65. The van der Waals surface area contributed by atoms with Crippen molar-refractivity contribution in [2.24, 2.45) is 0 Å². The molecule has 2 aromatic rings. The molecule has 0 aliphatic rings. The maximum absolute atomic E-state index is 11.3. The number of H-pyrrole nitrogens is 1. The summed E-state index contributed by atoms with van der Waals surface area (Å²) in [5.74, 6) is 0.640. The van der Waals surface area contributed by atoms with Crippen LogP contribution in [0.25, 0.3) is 0 Å². The highest BCUT2D eigenvalue weighted by Crippen LogP contribution is 2.24. The normalized spacial score (nSPS) is 10.0. The number of carbonyl (C=O) groups excluding carboxylic acids is 1. The van der Waals surface area contributed by atoms with E-state index in [1.165, 1.54) is 12.3 Å². The van der Waals surface area contributed by atoms with Crippen LogP contribution in [0.15, 0.2) is 35.4 Å². The number of pyridine rings is 2. The second kappa shape index (κ2) is 5.34. The lowest BCUT2D eigenvalue weighted by molar-refractivity contribution is 0.112. The molecule has 0 unspecified atom stereocenters. The Bertz CT molecular complexity index is 649. The topological polar surface area (TPSA) is 78.1 Å². The first kappa shape index (κ1) is 12.8. The summed E-state index contributed by atoms with van der Waals surface area (Å²) >= 11 is 0. The summed E-state index contributed by atoms with van der Waals surface area (Å²) in [6.07, 6.45) is 3.81. The lowest BCUT2D eigenvalue weighted by Gasteiger charge is -2.18. The van der Waals surface area contributed by atoms with Crippen LogP contribution in [-0.4, -0.2) is 30.3 Å². The standard InChI is InChI=1S/C13H14N4O2/c1-17(2)13-11(3-4-12(19)16-13)15-10-5-6-14-7-9(10)8-18/h3-8H,1-2H3,(H,14,15)(H,16,19). The molecule has 19 heavy (non-hydrogen) atoms. The molecule has 0 aromatic carbocycles. The van der Waals surface area contributed by atoms with E-state index in [-0.39, 0.29) is 5.56 Å². The molecule has 6 nitrogen and oxygen atoms in total. The van der Waals surface area contributed by atoms with Crippen LogP contribution in [0.3, 0.4) is 0 Å². The highest BCUT2D eigenvalue weighted by atomic mass is 16.1. The van der Waals surface area contributed by atoms with Crippen LogP contribution < -0.4 is 15.8 Å². The van der Waals surface area contributed by atoms with Gasteiger partial charge in [-0.1, -0.05) is 0 Å². The molecule has 98 valence electrons. The Labute approximate surface area is 110 Å². The van der Waals surface area contributed by atoms with Crippen molar-refractivity contribution in [3.63, 3.8) is 0 Å². The summed E-state index contributed by atoms with van der Waals surface area (Å²) in [5, 5.41) is 3.12. The monoisotopic (exact) mass is 258 g/mol. The average Bonchev–Trinajstić information content (AvgIpc) is 2.41. The Balaban J connectivity index is 2.43. The molecule has 0 radical (unpaired) electrons. The molecule has 0 aliphatic heterocycles. The number of rotatable bonds is 4. The Morgan fingerprint density at radius 3 is 2.74 bits per heavy atom. The van der Waals surface area contributed by atoms with Gasteiger partial charge in [-0.15, -0.1) is 0 Å². The molecule has 0 aliphatic carbocycles. The van der Waals surface area contributed by atoms with Crippen LogP contribution in [0.5, 0.6) is 0 Å². The first-order chi connectivity index (χ1) is 9.11. The van der Waals surface area contributed by atoms with E-state index >= 15 is 0 Å². The Hall–Kier alpha value is -2.63. The smallest absolute Gasteiger partial charge is 0.249 e. The summed E-state index contributed by atoms with van der Waals surface area (Å²) in [4.78, 5) is 30.7. The van der Waals surface area contributed by atoms with E-state index in [0.29, 0.717) is 22.8 Å². The molecule has 2 aromatic heterocycles. The maximum atomic E-state index is 11.3. The van der Waals surface area contributed by atoms with Crippen molar-refractivity contribution in [3.8, 4) is 0 Å². The molecule has 0 saturated carbocycles. The minimum Gasteiger partial charge on any atom is -0.362 e. The quantitative estimate of drug-likeness (QED) is 0.810. The Kier molecular flexibility index (Phi) is 3.61. The molecule has 2 heterocycles. The van der Waals surface area contributed by atoms with E-state index < -0.39 is 0 Å². The lowest BCUT2D eigenvalue weighted by Crippen LogP contribution is -2.17. The van der Waals surface area contributed by atoms with E-state index in [2.05, 4.69) is 15.3 Å². The molecule has 0 atom stereocenters. The van der Waals surface area contributed by atoms with Crippen molar-refractivity contribution in [2.45, 2.75) is 0 Å². The second-order valence-electron chi connectivity index (χ2n) is 4.19. The van der Waals surface area contributed by atoms with Crippen LogP contribution in [-0.2, 0) is 0 Å². The molecule has 0 amide bonds. The number of nitrogens with one attached hydrogen (secondary N) is 2. The Morgan fingerprint density at radius 2 is 2.05 bits per heavy atom. The van der Waals surface area contributed by atoms with Gasteiger partial charge in [-0.3, -0.25) is 14.6 Å². The fourth-order valence-corrected chi connectivity index (χ4v) is 1.68. The third kappa shape index (κ3) is 2.79. The van der Waals surface area contributed by atoms with Gasteiger partial charge in [0.2, 0.25) is 5.56 Å². The van der Waals surface area contributed by atoms with Crippen LogP contribution in [0, 0.1) is 0 Å². The van der Waals surface area contributed by atoms with Crippen molar-refractivity contribution in [2.75, 3.05) is 24.3 Å². The molecule has 0 spiro atoms. The lowest BCUT2D eigenvalue weighted by atomic mass is 10.2. The number of aldehydes is 1. The van der Waals surface area contributed by atoms with Gasteiger partial charge in [-0.25, -0.2) is 0 Å². The largest absolute Gasteiger partial charge is 0.362 e. The molecule has 2 N–H and O–H groups in total. The first-order valence-electron chi connectivity index (χ1n) is 5.68. The molecule has 0 bridgehead atoms. The van der Waals surface area contributed by atoms with Crippen LogP contribution in [0.4, 0.5) is 17.2 Å².